The number of nitrogens with zero attached hydrogens (tertiary/aromatic N) is 3. The van der Waals surface area contributed by atoms with Gasteiger partial charge in [0.05, 0.1) is 18.9 Å². The van der Waals surface area contributed by atoms with Gasteiger partial charge in [-0.1, -0.05) is 36.4 Å². The average molecular weight is 695 g/mol. The molecule has 0 bridgehead atoms. The first-order valence-corrected chi connectivity index (χ1v) is 18.8. The maximum Gasteiger partial charge on any atom is 0.251 e. The summed E-state index contributed by atoms with van der Waals surface area (Å²) < 4.78 is 21.1. The van der Waals surface area contributed by atoms with Gasteiger partial charge in [0.2, 0.25) is 0 Å². The number of aryl methyl sites for hydroxylation is 1. The van der Waals surface area contributed by atoms with Gasteiger partial charge in [0.25, 0.3) is 5.91 Å². The summed E-state index contributed by atoms with van der Waals surface area (Å²) in [6.45, 7) is 10.7. The fourth-order valence-corrected chi connectivity index (χ4v) is 7.37. The average Bonchev–Trinajstić information content (AvgIpc) is 3.83. The van der Waals surface area contributed by atoms with Crippen molar-refractivity contribution < 1.29 is 19.0 Å². The largest absolute Gasteiger partial charge is 0.493 e. The highest BCUT2D eigenvalue weighted by Crippen LogP contribution is 2.37. The third-order valence-electron chi connectivity index (χ3n) is 9.58. The Morgan fingerprint density at radius 1 is 1.04 bits per heavy atom. The van der Waals surface area contributed by atoms with Crippen molar-refractivity contribution in [1.82, 2.24) is 9.27 Å². The molecule has 0 radical (unpaired) electrons. The summed E-state index contributed by atoms with van der Waals surface area (Å²) in [6, 6.07) is 23.3. The second-order valence-electron chi connectivity index (χ2n) is 13.2. The molecule has 3 aromatic carbocycles. The van der Waals surface area contributed by atoms with Crippen molar-refractivity contribution in [3.05, 3.63) is 100 Å². The van der Waals surface area contributed by atoms with Gasteiger partial charge in [-0.2, -0.15) is 4.37 Å². The quantitative estimate of drug-likeness (QED) is 0.179. The molecular weight excluding hydrogens is 645 g/mol. The smallest absolute Gasteiger partial charge is 0.251 e. The van der Waals surface area contributed by atoms with Crippen molar-refractivity contribution >= 4 is 34.9 Å². The van der Waals surface area contributed by atoms with E-state index in [2.05, 4.69) is 81.3 Å². The van der Waals surface area contributed by atoms with Gasteiger partial charge in [0.15, 0.2) is 0 Å². The molecule has 0 spiro atoms. The SMILES string of the molecule is C1CCOC1.CCOc1ccccc1-c1ccc2c(c1)C=C(C(=O)Nc1ccc(CN(C)C3CCCOC3)cc1)CCN2Cc1csnc1C. The van der Waals surface area contributed by atoms with E-state index < -0.39 is 0 Å². The van der Waals surface area contributed by atoms with Crippen LogP contribution in [0.4, 0.5) is 11.4 Å². The number of fused-ring (bicyclic) bond motifs is 1. The molecule has 1 unspecified atom stereocenters. The Morgan fingerprint density at radius 2 is 1.84 bits per heavy atom. The van der Waals surface area contributed by atoms with Crippen LogP contribution in [0, 0.1) is 6.92 Å². The van der Waals surface area contributed by atoms with Gasteiger partial charge in [0.1, 0.15) is 5.75 Å². The first kappa shape index (κ1) is 35.8. The molecule has 1 aromatic heterocycles. The summed E-state index contributed by atoms with van der Waals surface area (Å²) in [5.74, 6) is 0.787. The molecule has 8 nitrogen and oxygen atoms in total. The van der Waals surface area contributed by atoms with E-state index in [4.69, 9.17) is 14.2 Å². The first-order valence-electron chi connectivity index (χ1n) is 18.0. The van der Waals surface area contributed by atoms with Gasteiger partial charge in [-0.05, 0) is 118 Å². The molecule has 1 amide bonds. The van der Waals surface area contributed by atoms with Crippen molar-refractivity contribution in [3.63, 3.8) is 0 Å². The molecule has 7 rings (SSSR count). The van der Waals surface area contributed by atoms with Crippen LogP contribution >= 0.6 is 11.5 Å². The lowest BCUT2D eigenvalue weighted by atomic mass is 9.99. The van der Waals surface area contributed by atoms with Crippen molar-refractivity contribution in [1.29, 1.82) is 0 Å². The van der Waals surface area contributed by atoms with Crippen LogP contribution in [0.1, 0.15) is 61.4 Å². The topological polar surface area (TPSA) is 76.2 Å². The summed E-state index contributed by atoms with van der Waals surface area (Å²) >= 11 is 1.49. The number of rotatable bonds is 10. The van der Waals surface area contributed by atoms with E-state index in [1.807, 2.05) is 37.3 Å². The van der Waals surface area contributed by atoms with Crippen molar-refractivity contribution in [3.8, 4) is 16.9 Å². The van der Waals surface area contributed by atoms with Gasteiger partial charge < -0.3 is 24.4 Å². The minimum absolute atomic E-state index is 0.0690. The molecule has 9 heteroatoms. The number of nitrogens with one attached hydrogen (secondary N) is 1. The molecule has 2 saturated heterocycles. The highest BCUT2D eigenvalue weighted by atomic mass is 32.1. The van der Waals surface area contributed by atoms with E-state index >= 15 is 0 Å². The molecule has 4 heterocycles. The molecule has 0 aliphatic carbocycles. The zero-order valence-corrected chi connectivity index (χ0v) is 30.5. The van der Waals surface area contributed by atoms with E-state index in [0.717, 1.165) is 97.6 Å². The monoisotopic (exact) mass is 694 g/mol. The first-order chi connectivity index (χ1) is 24.5. The maximum absolute atomic E-state index is 13.7. The van der Waals surface area contributed by atoms with Crippen LogP contribution in [0.2, 0.25) is 0 Å². The zero-order chi connectivity index (χ0) is 34.7. The number of likely N-dealkylation sites (N-methyl/N-ethyl adjacent to an activating group) is 1. The van der Waals surface area contributed by atoms with Crippen LogP contribution in [0.15, 0.2) is 77.7 Å². The number of benzene rings is 3. The number of anilines is 2. The van der Waals surface area contributed by atoms with Crippen LogP contribution in [0.3, 0.4) is 0 Å². The van der Waals surface area contributed by atoms with Crippen molar-refractivity contribution in [2.75, 3.05) is 56.8 Å². The Hall–Kier alpha value is -4.02. The van der Waals surface area contributed by atoms with E-state index in [1.165, 1.54) is 41.9 Å². The summed E-state index contributed by atoms with van der Waals surface area (Å²) in [4.78, 5) is 18.4. The molecule has 3 aliphatic heterocycles. The van der Waals surface area contributed by atoms with Crippen molar-refractivity contribution in [2.24, 2.45) is 0 Å². The van der Waals surface area contributed by atoms with Gasteiger partial charge in [0, 0.05) is 79.0 Å². The number of hydrogen-bond acceptors (Lipinski definition) is 8. The molecule has 264 valence electrons. The standard InChI is InChI=1S/C37H42N4O3S.C4H8O/c1-4-44-36-10-6-5-9-34(36)28-13-16-35-30(20-28)21-29(17-18-41(35)23-31-25-45-39-26(31)2)37(42)38-32-14-11-27(12-15-32)22-40(3)33-8-7-19-43-24-33;1-2-4-5-3-1/h5-6,9-16,20-21,25,33H,4,7-8,17-19,22-24H2,1-3H3,(H,38,42);1-4H2. The van der Waals surface area contributed by atoms with Gasteiger partial charge in [-0.3, -0.25) is 9.69 Å². The Morgan fingerprint density at radius 3 is 2.54 bits per heavy atom. The molecule has 1 N–H and O–H groups in total. The van der Waals surface area contributed by atoms with E-state index in [1.54, 1.807) is 0 Å². The third kappa shape index (κ3) is 9.40. The second kappa shape index (κ2) is 17.8. The number of amides is 1. The predicted molar refractivity (Wildman–Crippen MR) is 204 cm³/mol. The number of hydrogen-bond donors (Lipinski definition) is 1. The second-order valence-corrected chi connectivity index (χ2v) is 13.9. The lowest BCUT2D eigenvalue weighted by Gasteiger charge is -2.31. The summed E-state index contributed by atoms with van der Waals surface area (Å²) in [7, 11) is 2.16. The lowest BCUT2D eigenvalue weighted by molar-refractivity contribution is -0.112. The lowest BCUT2D eigenvalue weighted by Crippen LogP contribution is -2.37. The molecule has 3 aliphatic rings. The number of ether oxygens (including phenoxy) is 3. The summed E-state index contributed by atoms with van der Waals surface area (Å²) in [5.41, 5.74) is 9.28. The van der Waals surface area contributed by atoms with E-state index in [0.29, 0.717) is 19.1 Å². The van der Waals surface area contributed by atoms with Crippen LogP contribution in [0.5, 0.6) is 5.75 Å². The Kier molecular flexibility index (Phi) is 12.7. The van der Waals surface area contributed by atoms with Crippen LogP contribution in [-0.4, -0.2) is 67.8 Å². The number of aromatic nitrogens is 1. The van der Waals surface area contributed by atoms with E-state index in [-0.39, 0.29) is 5.91 Å². The normalized spacial score (nSPS) is 17.3. The minimum Gasteiger partial charge on any atom is -0.493 e. The third-order valence-corrected chi connectivity index (χ3v) is 10.3. The molecule has 0 saturated carbocycles. The fraction of sp³-hybridized carbons (Fsp3) is 0.415. The van der Waals surface area contributed by atoms with Crippen LogP contribution < -0.4 is 15.0 Å². The summed E-state index contributed by atoms with van der Waals surface area (Å²) in [6.07, 6.45) is 7.54. The molecule has 4 aromatic rings. The van der Waals surface area contributed by atoms with E-state index in [9.17, 15) is 4.79 Å². The molecule has 2 fully saturated rings. The maximum atomic E-state index is 13.7. The van der Waals surface area contributed by atoms with Gasteiger partial charge >= 0.3 is 0 Å². The molecule has 50 heavy (non-hydrogen) atoms. The molecular formula is C41H50N4O4S. The Balaban J connectivity index is 0.000000794. The highest BCUT2D eigenvalue weighted by Gasteiger charge is 2.22. The Labute approximate surface area is 301 Å². The number of carbonyl (C=O) groups excluding carboxylic acids is 1. The fourth-order valence-electron chi connectivity index (χ4n) is 6.67. The molecule has 1 atom stereocenters. The van der Waals surface area contributed by atoms with Crippen LogP contribution in [0.25, 0.3) is 17.2 Å². The van der Waals surface area contributed by atoms with Gasteiger partial charge in [-0.25, -0.2) is 0 Å². The minimum atomic E-state index is -0.0690. The number of para-hydroxylation sites is 1. The summed E-state index contributed by atoms with van der Waals surface area (Å²) in [5, 5.41) is 5.29. The zero-order valence-electron chi connectivity index (χ0n) is 29.7. The number of carbonyl (C=O) groups is 1. The van der Waals surface area contributed by atoms with Crippen LogP contribution in [-0.2, 0) is 27.4 Å². The predicted octanol–water partition coefficient (Wildman–Crippen LogP) is 8.36. The highest BCUT2D eigenvalue weighted by molar-refractivity contribution is 7.03. The van der Waals surface area contributed by atoms with Gasteiger partial charge in [-0.15, -0.1) is 0 Å². The Bertz CT molecular complexity index is 1720. The van der Waals surface area contributed by atoms with Crippen molar-refractivity contribution in [2.45, 2.75) is 65.1 Å².